The third-order valence-corrected chi connectivity index (χ3v) is 16.4. The summed E-state index contributed by atoms with van der Waals surface area (Å²) in [6.07, 6.45) is 29.2. The fourth-order valence-corrected chi connectivity index (χ4v) is 10.3. The number of nitrogens with zero attached hydrogens (tertiary/aromatic N) is 2. The second kappa shape index (κ2) is 26.5. The summed E-state index contributed by atoms with van der Waals surface area (Å²) in [4.78, 5) is 21.6. The van der Waals surface area contributed by atoms with Crippen molar-refractivity contribution in [3.8, 4) is 0 Å². The van der Waals surface area contributed by atoms with Gasteiger partial charge in [-0.2, -0.15) is 0 Å². The molecule has 58 heavy (non-hydrogen) atoms. The second-order valence-corrected chi connectivity index (χ2v) is 20.6. The summed E-state index contributed by atoms with van der Waals surface area (Å²) in [7, 11) is 0. The zero-order chi connectivity index (χ0) is 44.1. The van der Waals surface area contributed by atoms with Crippen LogP contribution in [0.15, 0.2) is 10.4 Å². The van der Waals surface area contributed by atoms with Crippen molar-refractivity contribution in [3.05, 3.63) is 51.4 Å². The minimum absolute atomic E-state index is 0.167. The molecule has 8 nitrogen and oxygen atoms in total. The van der Waals surface area contributed by atoms with Gasteiger partial charge in [0.15, 0.2) is 0 Å². The first-order valence-electron chi connectivity index (χ1n) is 23.8. The Kier molecular flexibility index (Phi) is 25.2. The Morgan fingerprint density at radius 2 is 0.707 bits per heavy atom. The average Bonchev–Trinajstić information content (AvgIpc) is 3.24. The van der Waals surface area contributed by atoms with Crippen LogP contribution in [0.4, 0.5) is 0 Å². The Labute approximate surface area is 360 Å². The highest BCUT2D eigenvalue weighted by Gasteiger charge is 2.49. The van der Waals surface area contributed by atoms with Gasteiger partial charge in [0.25, 0.3) is 0 Å². The van der Waals surface area contributed by atoms with Crippen molar-refractivity contribution < 1.29 is 0 Å². The fraction of sp³-hybridized carbons (Fsp3) is 0.880. The Balaban J connectivity index is 0.000000367. The van der Waals surface area contributed by atoms with Crippen LogP contribution in [0.1, 0.15) is 189 Å². The highest BCUT2D eigenvalue weighted by molar-refractivity contribution is 5.01. The van der Waals surface area contributed by atoms with E-state index in [0.717, 1.165) is 25.9 Å². The van der Waals surface area contributed by atoms with E-state index < -0.39 is 5.66 Å². The van der Waals surface area contributed by atoms with E-state index in [1.165, 1.54) is 128 Å². The molecule has 338 valence electrons. The number of nitrogens with two attached hydrogens (primary N) is 4. The van der Waals surface area contributed by atoms with Crippen LogP contribution in [0.3, 0.4) is 0 Å². The lowest BCUT2D eigenvalue weighted by atomic mass is 9.63. The van der Waals surface area contributed by atoms with Crippen molar-refractivity contribution in [2.24, 2.45) is 90.0 Å². The Morgan fingerprint density at radius 1 is 0.431 bits per heavy atom. The van der Waals surface area contributed by atoms with E-state index in [2.05, 4.69) is 79.6 Å². The molecule has 5 rings (SSSR count). The van der Waals surface area contributed by atoms with E-state index in [1.807, 2.05) is 6.92 Å². The maximum atomic E-state index is 10.8. The third kappa shape index (κ3) is 16.4. The highest BCUT2D eigenvalue weighted by atomic mass is 16.3. The van der Waals surface area contributed by atoms with Crippen LogP contribution in [0.25, 0.3) is 0 Å². The summed E-state index contributed by atoms with van der Waals surface area (Å²) in [6, 6.07) is 0. The van der Waals surface area contributed by atoms with E-state index in [1.54, 1.807) is 0 Å². The molecular formula is C50H96N6O2. The molecule has 5 aliphatic carbocycles. The normalized spacial score (nSPS) is 26.7. The number of hydrogen-bond donors (Lipinski definition) is 4. The molecule has 0 aromatic carbocycles. The molecule has 0 aromatic rings. The van der Waals surface area contributed by atoms with Crippen LogP contribution in [0.5, 0.6) is 0 Å². The minimum Gasteiger partial charge on any atom is -0.330 e. The van der Waals surface area contributed by atoms with Crippen molar-refractivity contribution in [2.75, 3.05) is 26.2 Å². The number of nitroso groups, excluding NO2 is 2. The smallest absolute Gasteiger partial charge is 0.233 e. The van der Waals surface area contributed by atoms with Gasteiger partial charge in [-0.15, -0.1) is 9.81 Å². The summed E-state index contributed by atoms with van der Waals surface area (Å²) in [5, 5.41) is 5.86. The van der Waals surface area contributed by atoms with Crippen molar-refractivity contribution in [2.45, 2.75) is 194 Å². The zero-order valence-corrected chi connectivity index (χ0v) is 38.9. The number of hydrogen-bond acceptors (Lipinski definition) is 8. The predicted octanol–water partition coefficient (Wildman–Crippen LogP) is 12.5. The summed E-state index contributed by atoms with van der Waals surface area (Å²) in [5.41, 5.74) is 22.8. The van der Waals surface area contributed by atoms with E-state index in [-0.39, 0.29) is 11.3 Å². The molecule has 5 fully saturated rings. The van der Waals surface area contributed by atoms with Gasteiger partial charge in [-0.05, 0) is 205 Å². The van der Waals surface area contributed by atoms with Crippen molar-refractivity contribution in [1.82, 2.24) is 0 Å². The summed E-state index contributed by atoms with van der Waals surface area (Å²) >= 11 is 0. The van der Waals surface area contributed by atoms with Gasteiger partial charge in [0.2, 0.25) is 5.66 Å². The topological polar surface area (TPSA) is 163 Å². The molecule has 5 aliphatic rings. The quantitative estimate of drug-likeness (QED) is 0.152. The molecule has 0 bridgehead atoms. The monoisotopic (exact) mass is 813 g/mol. The molecule has 6 atom stereocenters. The van der Waals surface area contributed by atoms with E-state index in [4.69, 9.17) is 22.9 Å². The van der Waals surface area contributed by atoms with Gasteiger partial charge in [0.1, 0.15) is 0 Å². The van der Waals surface area contributed by atoms with Crippen LogP contribution < -0.4 is 22.9 Å². The third-order valence-electron chi connectivity index (χ3n) is 16.4. The van der Waals surface area contributed by atoms with E-state index in [0.29, 0.717) is 71.3 Å². The van der Waals surface area contributed by atoms with Gasteiger partial charge < -0.3 is 22.9 Å². The Hall–Kier alpha value is -0.960. The molecule has 8 N–H and O–H groups in total. The van der Waals surface area contributed by atoms with E-state index in [9.17, 15) is 9.81 Å². The zero-order valence-electron chi connectivity index (χ0n) is 38.9. The molecule has 0 spiro atoms. The summed E-state index contributed by atoms with van der Waals surface area (Å²) < 4.78 is 0. The summed E-state index contributed by atoms with van der Waals surface area (Å²) in [5.74, 6) is 2.33. The maximum absolute atomic E-state index is 10.8. The van der Waals surface area contributed by atoms with Gasteiger partial charge in [-0.3, -0.25) is 0 Å². The van der Waals surface area contributed by atoms with Gasteiger partial charge >= 0.3 is 0 Å². The van der Waals surface area contributed by atoms with Crippen LogP contribution in [-0.4, -0.2) is 31.8 Å². The minimum atomic E-state index is -1.32. The molecule has 6 unspecified atom stereocenters. The fourth-order valence-electron chi connectivity index (χ4n) is 10.3. The molecule has 0 amide bonds. The van der Waals surface area contributed by atoms with Crippen LogP contribution >= 0.6 is 0 Å². The molecule has 5 saturated carbocycles. The molecular weight excluding hydrogens is 717 g/mol. The van der Waals surface area contributed by atoms with Crippen LogP contribution in [0.2, 0.25) is 0 Å². The van der Waals surface area contributed by atoms with Crippen molar-refractivity contribution in [3.63, 3.8) is 0 Å². The Bertz CT molecular complexity index is 1010. The molecule has 0 aliphatic heterocycles. The first-order chi connectivity index (χ1) is 27.3. The Morgan fingerprint density at radius 3 is 0.948 bits per heavy atom. The standard InChI is InChI=1S/C10H20N4O2.C10H22N2.3C10H18/c1-8(5-11)9(7-12)3-2-4-10(6-9,13-15)14-16;1-9(7-11)10(8-12)5-3-2-4-6-10;3*1-9(2)10(3)7-5-4-6-8-10/h8H,2-7,11-12H2,1H3;9H,2-8,11-12H2,1H3;3*9H,1,3-8H2,2H3. The summed E-state index contributed by atoms with van der Waals surface area (Å²) in [6.45, 7) is 38.4. The lowest BCUT2D eigenvalue weighted by molar-refractivity contribution is 0.0716. The van der Waals surface area contributed by atoms with Crippen LogP contribution in [0, 0.1) is 108 Å². The van der Waals surface area contributed by atoms with Gasteiger partial charge in [0, 0.05) is 6.42 Å². The van der Waals surface area contributed by atoms with Gasteiger partial charge in [-0.25, -0.2) is 0 Å². The first kappa shape index (κ1) is 55.1. The predicted molar refractivity (Wildman–Crippen MR) is 251 cm³/mol. The highest BCUT2D eigenvalue weighted by Crippen LogP contribution is 2.48. The SMILES string of the molecule is CC(CN)C1(CN)CCCC(N=O)(N=O)C1.CC(CN)C1(CN)CCCCC1.[CH2]C(C)C1([CH2])CCCCC1.[CH2]C(C)C1([CH2])CCCCC1.[CH2]C(C)C1([CH2])CCCCC1. The van der Waals surface area contributed by atoms with E-state index >= 15 is 0 Å². The van der Waals surface area contributed by atoms with Crippen LogP contribution in [-0.2, 0) is 0 Å². The molecule has 8 heteroatoms. The second-order valence-electron chi connectivity index (χ2n) is 20.6. The number of rotatable bonds is 11. The lowest BCUT2D eigenvalue weighted by Gasteiger charge is -2.44. The van der Waals surface area contributed by atoms with Crippen molar-refractivity contribution >= 4 is 0 Å². The lowest BCUT2D eigenvalue weighted by Crippen LogP contribution is -2.48. The molecule has 0 aromatic heterocycles. The van der Waals surface area contributed by atoms with Gasteiger partial charge in [0.05, 0.1) is 0 Å². The maximum Gasteiger partial charge on any atom is 0.233 e. The average molecular weight is 813 g/mol. The molecule has 6 radical (unpaired) electrons. The molecule has 0 heterocycles. The first-order valence-corrected chi connectivity index (χ1v) is 23.8. The van der Waals surface area contributed by atoms with Crippen molar-refractivity contribution in [1.29, 1.82) is 0 Å². The largest absolute Gasteiger partial charge is 0.330 e. The molecule has 0 saturated heterocycles. The van der Waals surface area contributed by atoms with Gasteiger partial charge in [-0.1, -0.05) is 112 Å².